The quantitative estimate of drug-likeness (QED) is 0.852. The molecule has 0 aliphatic heterocycles. The van der Waals surface area contributed by atoms with Crippen LogP contribution in [0.15, 0.2) is 36.5 Å². The van der Waals surface area contributed by atoms with E-state index in [1.165, 1.54) is 30.5 Å². The van der Waals surface area contributed by atoms with Gasteiger partial charge in [0.05, 0.1) is 16.8 Å². The maximum atomic E-state index is 12.0. The average Bonchev–Trinajstić information content (AvgIpc) is 2.38. The van der Waals surface area contributed by atoms with Crippen LogP contribution in [-0.2, 0) is 0 Å². The molecule has 2 rings (SSSR count). The van der Waals surface area contributed by atoms with Crippen LogP contribution in [0.4, 0.5) is 5.69 Å². The molecule has 20 heavy (non-hydrogen) atoms. The Bertz CT molecular complexity index is 689. The summed E-state index contributed by atoms with van der Waals surface area (Å²) in [7, 11) is 0. The SMILES string of the molecule is O=C(O)c1ccc(Cl)cc1NC(=O)c1cccnc1Cl. The van der Waals surface area contributed by atoms with E-state index in [1.54, 1.807) is 6.07 Å². The van der Waals surface area contributed by atoms with Gasteiger partial charge >= 0.3 is 5.97 Å². The standard InChI is InChI=1S/C13H8Cl2N2O3/c14-7-3-4-8(13(19)20)10(6-7)17-12(18)9-2-1-5-16-11(9)15/h1-6H,(H,17,18)(H,19,20). The third-order valence-electron chi connectivity index (χ3n) is 2.46. The molecule has 0 unspecified atom stereocenters. The molecule has 1 heterocycles. The minimum Gasteiger partial charge on any atom is -0.478 e. The van der Waals surface area contributed by atoms with E-state index in [4.69, 9.17) is 28.3 Å². The molecule has 1 aromatic heterocycles. The van der Waals surface area contributed by atoms with Crippen molar-refractivity contribution >= 4 is 40.8 Å². The Kier molecular flexibility index (Phi) is 4.22. The summed E-state index contributed by atoms with van der Waals surface area (Å²) in [5, 5.41) is 11.9. The summed E-state index contributed by atoms with van der Waals surface area (Å²) < 4.78 is 0. The smallest absolute Gasteiger partial charge is 0.337 e. The average molecular weight is 311 g/mol. The Morgan fingerprint density at radius 2 is 1.90 bits per heavy atom. The van der Waals surface area contributed by atoms with Gasteiger partial charge in [0, 0.05) is 11.2 Å². The number of hydrogen-bond acceptors (Lipinski definition) is 3. The highest BCUT2D eigenvalue weighted by atomic mass is 35.5. The van der Waals surface area contributed by atoms with E-state index in [0.29, 0.717) is 5.02 Å². The van der Waals surface area contributed by atoms with Crippen LogP contribution < -0.4 is 5.32 Å². The molecule has 2 aromatic rings. The number of carbonyl (C=O) groups is 2. The number of nitrogens with one attached hydrogen (secondary N) is 1. The van der Waals surface area contributed by atoms with E-state index in [1.807, 2.05) is 0 Å². The van der Waals surface area contributed by atoms with E-state index in [0.717, 1.165) is 0 Å². The van der Waals surface area contributed by atoms with Gasteiger partial charge in [-0.1, -0.05) is 23.2 Å². The van der Waals surface area contributed by atoms with Crippen molar-refractivity contribution in [3.05, 3.63) is 57.8 Å². The summed E-state index contributed by atoms with van der Waals surface area (Å²) in [5.74, 6) is -1.73. The largest absolute Gasteiger partial charge is 0.478 e. The zero-order chi connectivity index (χ0) is 14.7. The molecule has 1 amide bonds. The second-order valence-electron chi connectivity index (χ2n) is 3.79. The maximum Gasteiger partial charge on any atom is 0.337 e. The molecule has 0 aliphatic rings. The number of rotatable bonds is 3. The second kappa shape index (κ2) is 5.90. The number of carboxylic acids is 1. The van der Waals surface area contributed by atoms with Gasteiger partial charge < -0.3 is 10.4 Å². The monoisotopic (exact) mass is 310 g/mol. The summed E-state index contributed by atoms with van der Waals surface area (Å²) in [6, 6.07) is 7.13. The van der Waals surface area contributed by atoms with Crippen molar-refractivity contribution in [1.82, 2.24) is 4.98 Å². The van der Waals surface area contributed by atoms with Crippen molar-refractivity contribution in [3.63, 3.8) is 0 Å². The molecule has 0 radical (unpaired) electrons. The summed E-state index contributed by atoms with van der Waals surface area (Å²) >= 11 is 11.6. The van der Waals surface area contributed by atoms with E-state index >= 15 is 0 Å². The summed E-state index contributed by atoms with van der Waals surface area (Å²) in [6.07, 6.45) is 1.45. The first-order chi connectivity index (χ1) is 9.49. The van der Waals surface area contributed by atoms with Gasteiger partial charge in [0.2, 0.25) is 0 Å². The molecule has 102 valence electrons. The van der Waals surface area contributed by atoms with Gasteiger partial charge in [-0.05, 0) is 30.3 Å². The Morgan fingerprint density at radius 3 is 2.55 bits per heavy atom. The molecule has 0 bridgehead atoms. The summed E-state index contributed by atoms with van der Waals surface area (Å²) in [6.45, 7) is 0. The second-order valence-corrected chi connectivity index (χ2v) is 4.59. The fraction of sp³-hybridized carbons (Fsp3) is 0. The van der Waals surface area contributed by atoms with Crippen LogP contribution in [0, 0.1) is 0 Å². The normalized spacial score (nSPS) is 10.1. The van der Waals surface area contributed by atoms with Gasteiger partial charge in [0.15, 0.2) is 0 Å². The fourth-order valence-corrected chi connectivity index (χ4v) is 1.93. The van der Waals surface area contributed by atoms with Gasteiger partial charge in [0.25, 0.3) is 5.91 Å². The molecule has 5 nitrogen and oxygen atoms in total. The number of amides is 1. The van der Waals surface area contributed by atoms with Crippen LogP contribution >= 0.6 is 23.2 Å². The molecular formula is C13H8Cl2N2O3. The molecule has 2 N–H and O–H groups in total. The van der Waals surface area contributed by atoms with E-state index in [2.05, 4.69) is 10.3 Å². The molecule has 1 aromatic carbocycles. The van der Waals surface area contributed by atoms with Gasteiger partial charge in [-0.3, -0.25) is 4.79 Å². The predicted octanol–water partition coefficient (Wildman–Crippen LogP) is 3.34. The third kappa shape index (κ3) is 3.07. The molecule has 0 fully saturated rings. The summed E-state index contributed by atoms with van der Waals surface area (Å²) in [4.78, 5) is 26.9. The highest BCUT2D eigenvalue weighted by Gasteiger charge is 2.16. The number of carbonyl (C=O) groups excluding carboxylic acids is 1. The van der Waals surface area contributed by atoms with Crippen molar-refractivity contribution in [2.75, 3.05) is 5.32 Å². The molecule has 7 heteroatoms. The van der Waals surface area contributed by atoms with Crippen LogP contribution in [0.3, 0.4) is 0 Å². The number of pyridine rings is 1. The van der Waals surface area contributed by atoms with Crippen molar-refractivity contribution in [3.8, 4) is 0 Å². The Labute approximate surface area is 124 Å². The topological polar surface area (TPSA) is 79.3 Å². The first-order valence-corrected chi connectivity index (χ1v) is 6.19. The molecule has 0 aliphatic carbocycles. The van der Waals surface area contributed by atoms with Crippen molar-refractivity contribution in [2.45, 2.75) is 0 Å². The highest BCUT2D eigenvalue weighted by Crippen LogP contribution is 2.22. The van der Waals surface area contributed by atoms with Gasteiger partial charge in [-0.25, -0.2) is 9.78 Å². The number of halogens is 2. The highest BCUT2D eigenvalue weighted by molar-refractivity contribution is 6.33. The molecule has 0 saturated heterocycles. The molecular weight excluding hydrogens is 303 g/mol. The van der Waals surface area contributed by atoms with Crippen molar-refractivity contribution < 1.29 is 14.7 Å². The van der Waals surface area contributed by atoms with E-state index in [9.17, 15) is 9.59 Å². The number of aromatic carboxylic acids is 1. The minimum atomic E-state index is -1.17. The van der Waals surface area contributed by atoms with Gasteiger partial charge in [-0.15, -0.1) is 0 Å². The van der Waals surface area contributed by atoms with E-state index < -0.39 is 11.9 Å². The first kappa shape index (κ1) is 14.3. The number of aromatic nitrogens is 1. The fourth-order valence-electron chi connectivity index (χ4n) is 1.55. The Balaban J connectivity index is 2.35. The molecule has 0 atom stereocenters. The lowest BCUT2D eigenvalue weighted by atomic mass is 10.1. The summed E-state index contributed by atoms with van der Waals surface area (Å²) in [5.41, 5.74) is 0.170. The number of hydrogen-bond donors (Lipinski definition) is 2. The number of carboxylic acid groups (broad SMARTS) is 1. The van der Waals surface area contributed by atoms with Crippen molar-refractivity contribution in [1.29, 1.82) is 0 Å². The van der Waals surface area contributed by atoms with Crippen LogP contribution in [0.1, 0.15) is 20.7 Å². The number of nitrogens with zero attached hydrogens (tertiary/aromatic N) is 1. The zero-order valence-corrected chi connectivity index (χ0v) is 11.4. The van der Waals surface area contributed by atoms with Crippen LogP contribution in [0.2, 0.25) is 10.2 Å². The van der Waals surface area contributed by atoms with Crippen molar-refractivity contribution in [2.24, 2.45) is 0 Å². The number of benzene rings is 1. The van der Waals surface area contributed by atoms with Gasteiger partial charge in [-0.2, -0.15) is 0 Å². The lowest BCUT2D eigenvalue weighted by Crippen LogP contribution is -2.15. The number of anilines is 1. The molecule has 0 saturated carbocycles. The third-order valence-corrected chi connectivity index (χ3v) is 3.00. The Morgan fingerprint density at radius 1 is 1.15 bits per heavy atom. The van der Waals surface area contributed by atoms with E-state index in [-0.39, 0.29) is 22.0 Å². The molecule has 0 spiro atoms. The predicted molar refractivity (Wildman–Crippen MR) is 75.6 cm³/mol. The minimum absolute atomic E-state index is 0.0314. The van der Waals surface area contributed by atoms with Crippen LogP contribution in [0.5, 0.6) is 0 Å². The first-order valence-electron chi connectivity index (χ1n) is 5.44. The van der Waals surface area contributed by atoms with Crippen LogP contribution in [-0.4, -0.2) is 22.0 Å². The lowest BCUT2D eigenvalue weighted by molar-refractivity contribution is 0.0698. The lowest BCUT2D eigenvalue weighted by Gasteiger charge is -2.09. The zero-order valence-electron chi connectivity index (χ0n) is 9.93. The van der Waals surface area contributed by atoms with Gasteiger partial charge in [0.1, 0.15) is 5.15 Å². The van der Waals surface area contributed by atoms with Crippen LogP contribution in [0.25, 0.3) is 0 Å². The maximum absolute atomic E-state index is 12.0. The Hall–Kier alpha value is -2.11.